The lowest BCUT2D eigenvalue weighted by Gasteiger charge is -2.47. The Kier molecular flexibility index (Phi) is 4.21. The first-order valence-electron chi connectivity index (χ1n) is 7.44. The monoisotopic (exact) mass is 269 g/mol. The van der Waals surface area contributed by atoms with Crippen LogP contribution in [-0.4, -0.2) is 46.8 Å². The summed E-state index contributed by atoms with van der Waals surface area (Å²) >= 11 is 0. The van der Waals surface area contributed by atoms with Crippen molar-refractivity contribution in [2.45, 2.75) is 64.1 Å². The summed E-state index contributed by atoms with van der Waals surface area (Å²) in [7, 11) is 0. The van der Waals surface area contributed by atoms with E-state index >= 15 is 0 Å². The van der Waals surface area contributed by atoms with Gasteiger partial charge in [0.1, 0.15) is 6.61 Å². The third-order valence-corrected chi connectivity index (χ3v) is 4.41. The second-order valence-electron chi connectivity index (χ2n) is 7.04. The molecule has 0 bridgehead atoms. The summed E-state index contributed by atoms with van der Waals surface area (Å²) in [6.07, 6.45) is 4.96. The molecule has 4 heteroatoms. The molecule has 0 aromatic carbocycles. The average molecular weight is 269 g/mol. The van der Waals surface area contributed by atoms with E-state index in [0.717, 1.165) is 25.7 Å². The van der Waals surface area contributed by atoms with Gasteiger partial charge in [0.15, 0.2) is 0 Å². The van der Waals surface area contributed by atoms with Gasteiger partial charge in [-0.1, -0.05) is 12.8 Å². The minimum absolute atomic E-state index is 0.0579. The van der Waals surface area contributed by atoms with Crippen LogP contribution in [-0.2, 0) is 9.53 Å². The van der Waals surface area contributed by atoms with E-state index in [0.29, 0.717) is 13.1 Å². The summed E-state index contributed by atoms with van der Waals surface area (Å²) in [5, 5.41) is 10.6. The minimum Gasteiger partial charge on any atom is -0.389 e. The number of carbonyl (C=O) groups excluding carboxylic acids is 1. The maximum Gasteiger partial charge on any atom is 0.248 e. The van der Waals surface area contributed by atoms with Crippen LogP contribution >= 0.6 is 0 Å². The van der Waals surface area contributed by atoms with E-state index < -0.39 is 5.60 Å². The highest BCUT2D eigenvalue weighted by Crippen LogP contribution is 2.39. The third kappa shape index (κ3) is 3.69. The van der Waals surface area contributed by atoms with E-state index in [1.807, 2.05) is 25.7 Å². The van der Waals surface area contributed by atoms with Gasteiger partial charge in [-0.05, 0) is 40.0 Å². The van der Waals surface area contributed by atoms with Crippen LogP contribution < -0.4 is 0 Å². The van der Waals surface area contributed by atoms with E-state index in [4.69, 9.17) is 4.74 Å². The van der Waals surface area contributed by atoms with Crippen molar-refractivity contribution in [3.63, 3.8) is 0 Å². The van der Waals surface area contributed by atoms with Crippen molar-refractivity contribution in [3.05, 3.63) is 0 Å². The van der Waals surface area contributed by atoms with Gasteiger partial charge in [0.2, 0.25) is 5.91 Å². The summed E-state index contributed by atoms with van der Waals surface area (Å²) < 4.78 is 5.55. The van der Waals surface area contributed by atoms with Gasteiger partial charge >= 0.3 is 0 Å². The first kappa shape index (κ1) is 14.8. The summed E-state index contributed by atoms with van der Waals surface area (Å²) in [5.41, 5.74) is -0.795. The maximum absolute atomic E-state index is 12.1. The Labute approximate surface area is 116 Å². The zero-order chi connectivity index (χ0) is 14.1. The van der Waals surface area contributed by atoms with Gasteiger partial charge in [-0.15, -0.1) is 0 Å². The molecule has 0 radical (unpaired) electrons. The molecule has 2 fully saturated rings. The summed E-state index contributed by atoms with van der Waals surface area (Å²) in [6.45, 7) is 7.37. The number of likely N-dealkylation sites (tertiary alicyclic amines) is 1. The smallest absolute Gasteiger partial charge is 0.248 e. The van der Waals surface area contributed by atoms with E-state index in [1.165, 1.54) is 6.42 Å². The Morgan fingerprint density at radius 3 is 2.79 bits per heavy atom. The van der Waals surface area contributed by atoms with Gasteiger partial charge < -0.3 is 14.7 Å². The van der Waals surface area contributed by atoms with Crippen LogP contribution in [0.4, 0.5) is 0 Å². The number of ether oxygens (including phenoxy) is 1. The quantitative estimate of drug-likeness (QED) is 0.833. The van der Waals surface area contributed by atoms with Crippen molar-refractivity contribution < 1.29 is 14.6 Å². The maximum atomic E-state index is 12.1. The molecule has 0 aromatic heterocycles. The topological polar surface area (TPSA) is 49.8 Å². The molecular formula is C15H27NO3. The molecule has 0 spiro atoms. The zero-order valence-electron chi connectivity index (χ0n) is 12.4. The fourth-order valence-corrected chi connectivity index (χ4v) is 3.17. The largest absolute Gasteiger partial charge is 0.389 e. The lowest BCUT2D eigenvalue weighted by Crippen LogP contribution is -2.55. The average Bonchev–Trinajstić information content (AvgIpc) is 2.34. The van der Waals surface area contributed by atoms with Gasteiger partial charge in [-0.25, -0.2) is 0 Å². The molecule has 0 aromatic rings. The molecule has 1 amide bonds. The van der Waals surface area contributed by atoms with Gasteiger partial charge in [0.25, 0.3) is 0 Å². The summed E-state index contributed by atoms with van der Waals surface area (Å²) in [6, 6.07) is 0. The molecule has 4 nitrogen and oxygen atoms in total. The van der Waals surface area contributed by atoms with Crippen molar-refractivity contribution in [1.82, 2.24) is 4.90 Å². The van der Waals surface area contributed by atoms with Crippen LogP contribution in [0, 0.1) is 5.92 Å². The van der Waals surface area contributed by atoms with E-state index in [-0.39, 0.29) is 24.0 Å². The SMILES string of the molecule is CC(C)(C)OCC(=O)N1CCC2(O)CCCCC2C1. The van der Waals surface area contributed by atoms with Crippen LogP contribution in [0.5, 0.6) is 0 Å². The molecule has 19 heavy (non-hydrogen) atoms. The molecular weight excluding hydrogens is 242 g/mol. The van der Waals surface area contributed by atoms with Crippen LogP contribution in [0.15, 0.2) is 0 Å². The second-order valence-corrected chi connectivity index (χ2v) is 7.04. The highest BCUT2D eigenvalue weighted by molar-refractivity contribution is 5.77. The number of hydrogen-bond donors (Lipinski definition) is 1. The van der Waals surface area contributed by atoms with Crippen LogP contribution in [0.3, 0.4) is 0 Å². The molecule has 2 aliphatic rings. The summed E-state index contributed by atoms with van der Waals surface area (Å²) in [4.78, 5) is 14.0. The van der Waals surface area contributed by atoms with Crippen LogP contribution in [0.25, 0.3) is 0 Å². The predicted molar refractivity (Wildman–Crippen MR) is 73.8 cm³/mol. The van der Waals surface area contributed by atoms with Crippen LogP contribution in [0.2, 0.25) is 0 Å². The lowest BCUT2D eigenvalue weighted by molar-refractivity contribution is -0.151. The third-order valence-electron chi connectivity index (χ3n) is 4.41. The number of aliphatic hydroxyl groups is 1. The van der Waals surface area contributed by atoms with E-state index in [9.17, 15) is 9.90 Å². The van der Waals surface area contributed by atoms with Crippen molar-refractivity contribution in [2.24, 2.45) is 5.92 Å². The Hall–Kier alpha value is -0.610. The zero-order valence-corrected chi connectivity index (χ0v) is 12.4. The minimum atomic E-state index is -0.514. The van der Waals surface area contributed by atoms with E-state index in [2.05, 4.69) is 0 Å². The van der Waals surface area contributed by atoms with Crippen LogP contribution in [0.1, 0.15) is 52.9 Å². The standard InChI is InChI=1S/C15H27NO3/c1-14(2,3)19-11-13(17)16-9-8-15(18)7-5-4-6-12(15)10-16/h12,18H,4-11H2,1-3H3. The normalized spacial score (nSPS) is 32.0. The predicted octanol–water partition coefficient (Wildman–Crippen LogP) is 1.96. The van der Waals surface area contributed by atoms with Crippen molar-refractivity contribution in [3.8, 4) is 0 Å². The highest BCUT2D eigenvalue weighted by Gasteiger charge is 2.43. The van der Waals surface area contributed by atoms with Gasteiger partial charge in [-0.2, -0.15) is 0 Å². The number of hydrogen-bond acceptors (Lipinski definition) is 3. The Morgan fingerprint density at radius 1 is 1.37 bits per heavy atom. The van der Waals surface area contributed by atoms with Gasteiger partial charge in [-0.3, -0.25) is 4.79 Å². The molecule has 1 aliphatic heterocycles. The fraction of sp³-hybridized carbons (Fsp3) is 0.933. The number of amides is 1. The molecule has 2 rings (SSSR count). The number of carbonyl (C=O) groups is 1. The molecule has 110 valence electrons. The fourth-order valence-electron chi connectivity index (χ4n) is 3.17. The molecule has 1 saturated heterocycles. The Bertz CT molecular complexity index is 337. The van der Waals surface area contributed by atoms with E-state index in [1.54, 1.807) is 0 Å². The summed E-state index contributed by atoms with van der Waals surface area (Å²) in [5.74, 6) is 0.316. The van der Waals surface area contributed by atoms with Crippen molar-refractivity contribution in [1.29, 1.82) is 0 Å². The number of fused-ring (bicyclic) bond motifs is 1. The molecule has 1 aliphatic carbocycles. The van der Waals surface area contributed by atoms with Crippen molar-refractivity contribution in [2.75, 3.05) is 19.7 Å². The first-order valence-corrected chi connectivity index (χ1v) is 7.44. The first-order chi connectivity index (χ1) is 8.80. The number of nitrogens with zero attached hydrogens (tertiary/aromatic N) is 1. The van der Waals surface area contributed by atoms with Gasteiger partial charge in [0, 0.05) is 19.0 Å². The second kappa shape index (κ2) is 5.41. The highest BCUT2D eigenvalue weighted by atomic mass is 16.5. The lowest BCUT2D eigenvalue weighted by atomic mass is 9.71. The van der Waals surface area contributed by atoms with Crippen molar-refractivity contribution >= 4 is 5.91 Å². The van der Waals surface area contributed by atoms with Gasteiger partial charge in [0.05, 0.1) is 11.2 Å². The number of piperidine rings is 1. The molecule has 1 saturated carbocycles. The molecule has 1 heterocycles. The molecule has 2 atom stereocenters. The number of rotatable bonds is 2. The Balaban J connectivity index is 1.88. The molecule has 1 N–H and O–H groups in total. The molecule has 2 unspecified atom stereocenters. The Morgan fingerprint density at radius 2 is 2.11 bits per heavy atom.